The molecule has 0 atom stereocenters. The SMILES string of the molecule is CC(C)(C)c1cc(-c2[c-]c(-c3cc(C(C)(C)C)cc4c3[n-]c3ccc(C(C)(C)C)cc34)cc(C(C)(C)C)c2)[c-]c(-c2cc3ccoc3cn2)c1.[Au+3]. The molecule has 51 heavy (non-hydrogen) atoms. The summed E-state index contributed by atoms with van der Waals surface area (Å²) in [6.45, 7) is 27.3. The molecule has 0 spiro atoms. The smallest absolute Gasteiger partial charge is 0.663 e. The third-order valence-corrected chi connectivity index (χ3v) is 10.0. The monoisotopic (exact) mass is 854 g/mol. The number of fused-ring (bicyclic) bond motifs is 4. The molecule has 0 saturated carbocycles. The van der Waals surface area contributed by atoms with Crippen LogP contribution in [0.3, 0.4) is 0 Å². The van der Waals surface area contributed by atoms with Gasteiger partial charge in [0.05, 0.1) is 12.5 Å². The number of benzene rings is 4. The molecule has 4 heteroatoms. The predicted octanol–water partition coefficient (Wildman–Crippen LogP) is 12.9. The van der Waals surface area contributed by atoms with E-state index in [0.717, 1.165) is 55.5 Å². The number of aromatic nitrogens is 2. The Morgan fingerprint density at radius 2 is 1.08 bits per heavy atom. The van der Waals surface area contributed by atoms with E-state index in [9.17, 15) is 0 Å². The maximum atomic E-state index is 5.60. The summed E-state index contributed by atoms with van der Waals surface area (Å²) in [7, 11) is 0. The normalized spacial score (nSPS) is 12.9. The Labute approximate surface area is 319 Å². The van der Waals surface area contributed by atoms with Crippen LogP contribution in [-0.2, 0) is 44.0 Å². The third-order valence-electron chi connectivity index (χ3n) is 10.0. The van der Waals surface area contributed by atoms with E-state index in [-0.39, 0.29) is 44.0 Å². The van der Waals surface area contributed by atoms with Crippen molar-refractivity contribution in [2.45, 2.75) is 105 Å². The maximum Gasteiger partial charge on any atom is 3.00 e. The molecule has 7 aromatic rings. The third kappa shape index (κ3) is 7.14. The average Bonchev–Trinajstić information content (AvgIpc) is 3.66. The summed E-state index contributed by atoms with van der Waals surface area (Å²) in [4.78, 5) is 10.1. The fourth-order valence-electron chi connectivity index (χ4n) is 6.63. The Bertz CT molecular complexity index is 2410. The van der Waals surface area contributed by atoms with E-state index in [4.69, 9.17) is 14.4 Å². The van der Waals surface area contributed by atoms with Crippen molar-refractivity contribution in [3.63, 3.8) is 0 Å². The van der Waals surface area contributed by atoms with Gasteiger partial charge in [-0.2, -0.15) is 40.9 Å². The molecule has 0 unspecified atom stereocenters. The van der Waals surface area contributed by atoms with Crippen LogP contribution in [0.25, 0.3) is 66.3 Å². The van der Waals surface area contributed by atoms with Gasteiger partial charge in [-0.05, 0) is 49.6 Å². The van der Waals surface area contributed by atoms with E-state index < -0.39 is 0 Å². The molecule has 0 bridgehead atoms. The van der Waals surface area contributed by atoms with Gasteiger partial charge in [-0.3, -0.25) is 4.98 Å². The van der Waals surface area contributed by atoms with Gasteiger partial charge in [-0.25, -0.2) is 0 Å². The zero-order valence-electron chi connectivity index (χ0n) is 32.1. The number of furan rings is 1. The molecule has 0 aliphatic rings. The molecule has 0 aliphatic carbocycles. The number of nitrogens with zero attached hydrogens (tertiary/aromatic N) is 2. The van der Waals surface area contributed by atoms with Crippen molar-refractivity contribution in [3.05, 3.63) is 114 Å². The first-order valence-electron chi connectivity index (χ1n) is 17.8. The number of hydrogen-bond donors (Lipinski definition) is 0. The van der Waals surface area contributed by atoms with Crippen molar-refractivity contribution >= 4 is 32.8 Å². The summed E-state index contributed by atoms with van der Waals surface area (Å²) in [6.07, 6.45) is 3.52. The Hall–Kier alpha value is -3.89. The van der Waals surface area contributed by atoms with E-state index in [1.54, 1.807) is 12.5 Å². The van der Waals surface area contributed by atoms with Crippen molar-refractivity contribution in [1.82, 2.24) is 9.97 Å². The molecule has 0 aliphatic heterocycles. The summed E-state index contributed by atoms with van der Waals surface area (Å²) >= 11 is 0. The molecular weight excluding hydrogens is 805 g/mol. The predicted molar refractivity (Wildman–Crippen MR) is 211 cm³/mol. The molecule has 3 aromatic heterocycles. The second kappa shape index (κ2) is 12.7. The molecule has 0 radical (unpaired) electrons. The van der Waals surface area contributed by atoms with E-state index in [1.165, 1.54) is 33.0 Å². The van der Waals surface area contributed by atoms with Gasteiger partial charge < -0.3 is 9.40 Å². The first-order valence-corrected chi connectivity index (χ1v) is 17.8. The molecule has 4 aromatic carbocycles. The van der Waals surface area contributed by atoms with Crippen LogP contribution in [0.2, 0.25) is 0 Å². The van der Waals surface area contributed by atoms with Gasteiger partial charge in [0, 0.05) is 11.1 Å². The first-order chi connectivity index (χ1) is 23.3. The molecule has 7 rings (SSSR count). The molecule has 264 valence electrons. The van der Waals surface area contributed by atoms with Crippen molar-refractivity contribution < 1.29 is 26.8 Å². The van der Waals surface area contributed by atoms with Crippen LogP contribution >= 0.6 is 0 Å². The van der Waals surface area contributed by atoms with Gasteiger partial charge in [0.1, 0.15) is 0 Å². The summed E-state index contributed by atoms with van der Waals surface area (Å²) in [5.41, 5.74) is 13.8. The Morgan fingerprint density at radius 1 is 0.549 bits per heavy atom. The van der Waals surface area contributed by atoms with Gasteiger partial charge in [-0.15, -0.1) is 39.9 Å². The summed E-state index contributed by atoms with van der Waals surface area (Å²) in [5.74, 6) is 0. The van der Waals surface area contributed by atoms with Crippen LogP contribution in [0.4, 0.5) is 0 Å². The Kier molecular flexibility index (Phi) is 9.15. The van der Waals surface area contributed by atoms with Crippen LogP contribution in [0.1, 0.15) is 105 Å². The van der Waals surface area contributed by atoms with E-state index in [2.05, 4.69) is 156 Å². The van der Waals surface area contributed by atoms with Gasteiger partial charge in [0.15, 0.2) is 5.58 Å². The zero-order valence-corrected chi connectivity index (χ0v) is 34.3. The fourth-order valence-corrected chi connectivity index (χ4v) is 6.63. The standard InChI is InChI=1S/C47H49N2O.Au/c1-44(2,3)33-13-14-40-38(24-33)39-26-36(47(10,11)12)25-37(43(39)49-40)31-17-29(19-34(21-31)45(4,5)6)30-18-32(22-35(20-30)46(7,8)9)41-23-28-15-16-50-42(28)27-48-41;/h13-16,19-27H,1-12H3;/q-3;+3. The summed E-state index contributed by atoms with van der Waals surface area (Å²) in [5, 5.41) is 3.44. The van der Waals surface area contributed by atoms with Gasteiger partial charge in [0.25, 0.3) is 0 Å². The van der Waals surface area contributed by atoms with Crippen LogP contribution in [0.15, 0.2) is 83.6 Å². The van der Waals surface area contributed by atoms with Gasteiger partial charge in [-0.1, -0.05) is 125 Å². The zero-order chi connectivity index (χ0) is 36.0. The Morgan fingerprint density at radius 3 is 1.69 bits per heavy atom. The molecule has 0 fully saturated rings. The first kappa shape index (κ1) is 36.9. The Balaban J connectivity index is 0.00000448. The summed E-state index contributed by atoms with van der Waals surface area (Å²) < 4.78 is 5.60. The van der Waals surface area contributed by atoms with Gasteiger partial charge in [0.2, 0.25) is 0 Å². The molecule has 3 heterocycles. The van der Waals surface area contributed by atoms with E-state index >= 15 is 0 Å². The molecule has 0 N–H and O–H groups in total. The van der Waals surface area contributed by atoms with Crippen LogP contribution in [0, 0.1) is 12.1 Å². The fraction of sp³-hybridized carbons (Fsp3) is 0.340. The number of hydrogen-bond acceptors (Lipinski definition) is 2. The quantitative estimate of drug-likeness (QED) is 0.131. The molecule has 0 saturated heterocycles. The van der Waals surface area contributed by atoms with Crippen molar-refractivity contribution in [3.8, 4) is 33.5 Å². The largest absolute Gasteiger partial charge is 3.00 e. The minimum atomic E-state index is -0.0938. The van der Waals surface area contributed by atoms with Crippen molar-refractivity contribution in [2.75, 3.05) is 0 Å². The number of pyridine rings is 1. The van der Waals surface area contributed by atoms with E-state index in [1.807, 2.05) is 6.07 Å². The minimum Gasteiger partial charge on any atom is -0.663 e. The molecule has 0 amide bonds. The van der Waals surface area contributed by atoms with Crippen LogP contribution in [-0.4, -0.2) is 4.98 Å². The topological polar surface area (TPSA) is 40.1 Å². The number of rotatable bonds is 3. The second-order valence-corrected chi connectivity index (χ2v) is 18.2. The second-order valence-electron chi connectivity index (χ2n) is 18.2. The van der Waals surface area contributed by atoms with Crippen molar-refractivity contribution in [1.29, 1.82) is 0 Å². The molecular formula is C47H49AuN2O. The summed E-state index contributed by atoms with van der Waals surface area (Å²) in [6, 6.07) is 32.4. The van der Waals surface area contributed by atoms with Crippen LogP contribution < -0.4 is 4.98 Å². The average molecular weight is 855 g/mol. The maximum absolute atomic E-state index is 5.60. The van der Waals surface area contributed by atoms with Gasteiger partial charge >= 0.3 is 22.4 Å². The van der Waals surface area contributed by atoms with Crippen LogP contribution in [0.5, 0.6) is 0 Å². The molecule has 3 nitrogen and oxygen atoms in total. The van der Waals surface area contributed by atoms with Crippen molar-refractivity contribution in [2.24, 2.45) is 0 Å². The minimum absolute atomic E-state index is 0. The van der Waals surface area contributed by atoms with E-state index in [0.29, 0.717) is 0 Å².